The van der Waals surface area contributed by atoms with Gasteiger partial charge in [-0.1, -0.05) is 23.8 Å². The highest BCUT2D eigenvalue weighted by molar-refractivity contribution is 6.30. The molecule has 0 heterocycles. The number of rotatable bonds is 3. The molecule has 0 aliphatic heterocycles. The molecule has 0 aliphatic rings. The summed E-state index contributed by atoms with van der Waals surface area (Å²) < 4.78 is 37.3. The molecule has 0 radical (unpaired) electrons. The topological polar surface area (TPSA) is 0 Å². The number of allylic oxidation sites excluding steroid dienone is 1. The van der Waals surface area contributed by atoms with Crippen molar-refractivity contribution < 1.29 is 13.2 Å². The molecular weight excluding hydrogens is 260 g/mol. The quantitative estimate of drug-likeness (QED) is 0.677. The first kappa shape index (κ1) is 13.4. The van der Waals surface area contributed by atoms with Gasteiger partial charge in [0.1, 0.15) is 0 Å². The summed E-state index contributed by atoms with van der Waals surface area (Å²) >= 11 is 11.1. The van der Waals surface area contributed by atoms with Crippen LogP contribution in [0.25, 0.3) is 6.08 Å². The minimum Gasteiger partial charge on any atom is -0.166 e. The second kappa shape index (κ2) is 5.60. The molecule has 0 nitrogen and oxygen atoms in total. The fraction of sp³-hybridized carbons (Fsp3) is 0.273. The van der Waals surface area contributed by atoms with E-state index in [0.29, 0.717) is 17.9 Å². The molecule has 16 heavy (non-hydrogen) atoms. The maximum absolute atomic E-state index is 12.4. The van der Waals surface area contributed by atoms with E-state index in [-0.39, 0.29) is 5.02 Å². The molecule has 5 heteroatoms. The number of hydrogen-bond acceptors (Lipinski definition) is 0. The van der Waals surface area contributed by atoms with Gasteiger partial charge in [-0.3, -0.25) is 0 Å². The van der Waals surface area contributed by atoms with Gasteiger partial charge in [0.15, 0.2) is 0 Å². The highest BCUT2D eigenvalue weighted by Crippen LogP contribution is 2.32. The van der Waals surface area contributed by atoms with Crippen LogP contribution in [-0.4, -0.2) is 5.88 Å². The van der Waals surface area contributed by atoms with Gasteiger partial charge in [-0.25, -0.2) is 0 Å². The van der Waals surface area contributed by atoms with Crippen LogP contribution in [0.4, 0.5) is 13.2 Å². The zero-order valence-corrected chi connectivity index (χ0v) is 9.70. The second-order valence-corrected chi connectivity index (χ2v) is 3.97. The van der Waals surface area contributed by atoms with Crippen LogP contribution in [0.3, 0.4) is 0 Å². The molecule has 88 valence electrons. The van der Waals surface area contributed by atoms with Gasteiger partial charge in [0.05, 0.1) is 5.56 Å². The SMILES string of the molecule is FC(F)(F)c1cc(Cl)cc(C=CCCCl)c1. The molecule has 0 saturated heterocycles. The number of hydrogen-bond donors (Lipinski definition) is 0. The van der Waals surface area contributed by atoms with E-state index < -0.39 is 11.7 Å². The van der Waals surface area contributed by atoms with Crippen molar-refractivity contribution in [2.75, 3.05) is 5.88 Å². The van der Waals surface area contributed by atoms with Crippen molar-refractivity contribution in [2.45, 2.75) is 12.6 Å². The fourth-order valence-electron chi connectivity index (χ4n) is 1.15. The van der Waals surface area contributed by atoms with E-state index in [2.05, 4.69) is 0 Å². The van der Waals surface area contributed by atoms with E-state index >= 15 is 0 Å². The smallest absolute Gasteiger partial charge is 0.166 e. The third-order valence-corrected chi connectivity index (χ3v) is 2.27. The Morgan fingerprint density at radius 3 is 2.44 bits per heavy atom. The van der Waals surface area contributed by atoms with Gasteiger partial charge in [0, 0.05) is 10.9 Å². The molecule has 0 aromatic heterocycles. The van der Waals surface area contributed by atoms with E-state index in [4.69, 9.17) is 23.2 Å². The first-order valence-corrected chi connectivity index (χ1v) is 5.45. The number of alkyl halides is 4. The molecule has 0 unspecified atom stereocenters. The van der Waals surface area contributed by atoms with E-state index in [9.17, 15) is 13.2 Å². The second-order valence-electron chi connectivity index (χ2n) is 3.15. The van der Waals surface area contributed by atoms with Crippen molar-refractivity contribution >= 4 is 29.3 Å². The summed E-state index contributed by atoms with van der Waals surface area (Å²) in [6, 6.07) is 3.43. The first-order valence-electron chi connectivity index (χ1n) is 4.54. The third kappa shape index (κ3) is 4.06. The van der Waals surface area contributed by atoms with Crippen LogP contribution in [-0.2, 0) is 6.18 Å². The zero-order chi connectivity index (χ0) is 12.2. The van der Waals surface area contributed by atoms with Crippen LogP contribution in [0, 0.1) is 0 Å². The van der Waals surface area contributed by atoms with Crippen LogP contribution >= 0.6 is 23.2 Å². The van der Waals surface area contributed by atoms with Gasteiger partial charge in [-0.2, -0.15) is 13.2 Å². The summed E-state index contributed by atoms with van der Waals surface area (Å²) in [6.45, 7) is 0. The predicted octanol–water partition coefficient (Wildman–Crippen LogP) is 5.00. The molecule has 0 fully saturated rings. The fourth-order valence-corrected chi connectivity index (χ4v) is 1.52. The van der Waals surface area contributed by atoms with Crippen molar-refractivity contribution in [3.8, 4) is 0 Å². The van der Waals surface area contributed by atoms with Gasteiger partial charge < -0.3 is 0 Å². The van der Waals surface area contributed by atoms with E-state index in [1.165, 1.54) is 6.07 Å². The Kier molecular flexibility index (Phi) is 4.69. The van der Waals surface area contributed by atoms with E-state index in [0.717, 1.165) is 12.1 Å². The maximum atomic E-state index is 12.4. The molecule has 0 atom stereocenters. The van der Waals surface area contributed by atoms with Crippen molar-refractivity contribution in [3.63, 3.8) is 0 Å². The van der Waals surface area contributed by atoms with Crippen LogP contribution in [0.1, 0.15) is 17.5 Å². The lowest BCUT2D eigenvalue weighted by molar-refractivity contribution is -0.137. The summed E-state index contributed by atoms with van der Waals surface area (Å²) in [5.74, 6) is 0.434. The molecule has 1 aromatic rings. The summed E-state index contributed by atoms with van der Waals surface area (Å²) in [6.07, 6.45) is -0.488. The minimum absolute atomic E-state index is 0.0698. The van der Waals surface area contributed by atoms with Gasteiger partial charge >= 0.3 is 6.18 Å². The Balaban J connectivity index is 2.99. The normalized spacial score (nSPS) is 12.3. The Morgan fingerprint density at radius 1 is 1.19 bits per heavy atom. The summed E-state index contributed by atoms with van der Waals surface area (Å²) in [5, 5.41) is 0.0698. The van der Waals surface area contributed by atoms with Gasteiger partial charge in [0.2, 0.25) is 0 Å². The molecule has 1 rings (SSSR count). The van der Waals surface area contributed by atoms with Crippen LogP contribution in [0.2, 0.25) is 5.02 Å². The largest absolute Gasteiger partial charge is 0.416 e. The van der Waals surface area contributed by atoms with Crippen molar-refractivity contribution in [2.24, 2.45) is 0 Å². The van der Waals surface area contributed by atoms with E-state index in [1.54, 1.807) is 12.2 Å². The Morgan fingerprint density at radius 2 is 1.88 bits per heavy atom. The lowest BCUT2D eigenvalue weighted by Crippen LogP contribution is -2.04. The summed E-state index contributed by atoms with van der Waals surface area (Å²) in [5.41, 5.74) is -0.324. The number of benzene rings is 1. The Labute approximate surface area is 102 Å². The van der Waals surface area contributed by atoms with Gasteiger partial charge in [-0.15, -0.1) is 11.6 Å². The Bertz CT molecular complexity index is 383. The molecule has 0 bridgehead atoms. The predicted molar refractivity (Wildman–Crippen MR) is 60.8 cm³/mol. The molecular formula is C11H9Cl2F3. The van der Waals surface area contributed by atoms with Crippen molar-refractivity contribution in [1.29, 1.82) is 0 Å². The average molecular weight is 269 g/mol. The molecule has 0 spiro atoms. The summed E-state index contributed by atoms with van der Waals surface area (Å²) in [7, 11) is 0. The minimum atomic E-state index is -4.38. The van der Waals surface area contributed by atoms with E-state index in [1.807, 2.05) is 0 Å². The van der Waals surface area contributed by atoms with Gasteiger partial charge in [-0.05, 0) is 30.2 Å². The van der Waals surface area contributed by atoms with Crippen LogP contribution in [0.5, 0.6) is 0 Å². The van der Waals surface area contributed by atoms with Crippen LogP contribution in [0.15, 0.2) is 24.3 Å². The zero-order valence-electron chi connectivity index (χ0n) is 8.19. The molecule has 0 amide bonds. The lowest BCUT2D eigenvalue weighted by atomic mass is 10.1. The molecule has 0 aliphatic carbocycles. The standard InChI is InChI=1S/C11H9Cl2F3/c12-4-2-1-3-8-5-9(11(14,15)16)7-10(13)6-8/h1,3,5-7H,2,4H2. The monoisotopic (exact) mass is 268 g/mol. The lowest BCUT2D eigenvalue weighted by Gasteiger charge is -2.08. The average Bonchev–Trinajstić information content (AvgIpc) is 2.16. The Hall–Kier alpha value is -0.670. The van der Waals surface area contributed by atoms with Crippen molar-refractivity contribution in [1.82, 2.24) is 0 Å². The maximum Gasteiger partial charge on any atom is 0.416 e. The molecule has 1 aromatic carbocycles. The third-order valence-electron chi connectivity index (χ3n) is 1.83. The number of halogens is 5. The van der Waals surface area contributed by atoms with Crippen LogP contribution < -0.4 is 0 Å². The highest BCUT2D eigenvalue weighted by Gasteiger charge is 2.30. The first-order chi connectivity index (χ1) is 7.43. The van der Waals surface area contributed by atoms with Gasteiger partial charge in [0.25, 0.3) is 0 Å². The molecule has 0 saturated carbocycles. The molecule has 0 N–H and O–H groups in total. The van der Waals surface area contributed by atoms with Crippen molar-refractivity contribution in [3.05, 3.63) is 40.4 Å². The summed E-state index contributed by atoms with van der Waals surface area (Å²) in [4.78, 5) is 0. The highest BCUT2D eigenvalue weighted by atomic mass is 35.5.